The first kappa shape index (κ1) is 18.5. The Morgan fingerprint density at radius 1 is 1.00 bits per heavy atom. The fourth-order valence-electron chi connectivity index (χ4n) is 2.29. The maximum Gasteiger partial charge on any atom is 0.259 e. The van der Waals surface area contributed by atoms with Crippen molar-refractivity contribution in [3.63, 3.8) is 0 Å². The van der Waals surface area contributed by atoms with Crippen LogP contribution in [0.4, 0.5) is 20.2 Å². The van der Waals surface area contributed by atoms with E-state index in [0.29, 0.717) is 11.4 Å². The lowest BCUT2D eigenvalue weighted by Crippen LogP contribution is -2.12. The molecule has 4 nitrogen and oxygen atoms in total. The molecule has 0 saturated carbocycles. The number of aliphatic imine (C=N–C) groups is 1. The van der Waals surface area contributed by atoms with Gasteiger partial charge in [0, 0.05) is 22.5 Å². The van der Waals surface area contributed by atoms with Gasteiger partial charge in [-0.05, 0) is 60.7 Å². The summed E-state index contributed by atoms with van der Waals surface area (Å²) in [6, 6.07) is 13.4. The lowest BCUT2D eigenvalue weighted by molar-refractivity contribution is 0.102. The normalized spacial score (nSPS) is 10.9. The summed E-state index contributed by atoms with van der Waals surface area (Å²) in [5.41, 5.74) is 0.985. The molecule has 7 heteroatoms. The van der Waals surface area contributed by atoms with Crippen molar-refractivity contribution < 1.29 is 18.7 Å². The van der Waals surface area contributed by atoms with Crippen LogP contribution in [-0.2, 0) is 0 Å². The third-order valence-electron chi connectivity index (χ3n) is 3.63. The molecule has 0 heterocycles. The van der Waals surface area contributed by atoms with Gasteiger partial charge in [-0.1, -0.05) is 11.6 Å². The SMILES string of the molecule is O=C(Nc1ccc(F)cc1)c1cc(Cl)cc(C=Nc2ccc(F)cc2)c1O. The van der Waals surface area contributed by atoms with Gasteiger partial charge in [-0.25, -0.2) is 8.78 Å². The van der Waals surface area contributed by atoms with Gasteiger partial charge in [0.25, 0.3) is 5.91 Å². The molecule has 0 aliphatic carbocycles. The summed E-state index contributed by atoms with van der Waals surface area (Å²) in [4.78, 5) is 16.6. The first-order valence-electron chi connectivity index (χ1n) is 7.81. The number of benzene rings is 3. The minimum Gasteiger partial charge on any atom is -0.506 e. The highest BCUT2D eigenvalue weighted by atomic mass is 35.5. The van der Waals surface area contributed by atoms with E-state index in [1.165, 1.54) is 66.9 Å². The van der Waals surface area contributed by atoms with Gasteiger partial charge in [-0.2, -0.15) is 0 Å². The van der Waals surface area contributed by atoms with E-state index in [9.17, 15) is 18.7 Å². The third-order valence-corrected chi connectivity index (χ3v) is 3.85. The highest BCUT2D eigenvalue weighted by Crippen LogP contribution is 2.27. The number of halogens is 3. The van der Waals surface area contributed by atoms with E-state index in [4.69, 9.17) is 11.6 Å². The summed E-state index contributed by atoms with van der Waals surface area (Å²) < 4.78 is 25.9. The van der Waals surface area contributed by atoms with Gasteiger partial charge >= 0.3 is 0 Å². The highest BCUT2D eigenvalue weighted by molar-refractivity contribution is 6.31. The number of hydrogen-bond donors (Lipinski definition) is 2. The number of amides is 1. The maximum absolute atomic E-state index is 13.0. The Morgan fingerprint density at radius 3 is 2.22 bits per heavy atom. The minimum atomic E-state index is -0.613. The maximum atomic E-state index is 13.0. The van der Waals surface area contributed by atoms with E-state index in [0.717, 1.165) is 0 Å². The number of nitrogens with one attached hydrogen (secondary N) is 1. The number of phenols is 1. The fourth-order valence-corrected chi connectivity index (χ4v) is 2.52. The van der Waals surface area contributed by atoms with Crippen LogP contribution in [0.5, 0.6) is 5.75 Å². The van der Waals surface area contributed by atoms with E-state index in [-0.39, 0.29) is 27.7 Å². The average molecular weight is 387 g/mol. The Balaban J connectivity index is 1.87. The summed E-state index contributed by atoms with van der Waals surface area (Å²) in [5.74, 6) is -1.75. The van der Waals surface area contributed by atoms with E-state index in [2.05, 4.69) is 10.3 Å². The number of carbonyl (C=O) groups excluding carboxylic acids is 1. The monoisotopic (exact) mass is 386 g/mol. The number of carbonyl (C=O) groups is 1. The zero-order valence-electron chi connectivity index (χ0n) is 13.8. The van der Waals surface area contributed by atoms with E-state index < -0.39 is 11.7 Å². The molecular weight excluding hydrogens is 374 g/mol. The van der Waals surface area contributed by atoms with Crippen molar-refractivity contribution in [2.45, 2.75) is 0 Å². The van der Waals surface area contributed by atoms with Gasteiger partial charge in [0.15, 0.2) is 0 Å². The Kier molecular flexibility index (Phi) is 5.47. The van der Waals surface area contributed by atoms with E-state index >= 15 is 0 Å². The highest BCUT2D eigenvalue weighted by Gasteiger charge is 2.16. The summed E-state index contributed by atoms with van der Waals surface area (Å²) >= 11 is 6.04. The van der Waals surface area contributed by atoms with Crippen molar-refractivity contribution in [1.29, 1.82) is 0 Å². The minimum absolute atomic E-state index is 0.0626. The largest absolute Gasteiger partial charge is 0.506 e. The fraction of sp³-hybridized carbons (Fsp3) is 0. The first-order chi connectivity index (χ1) is 12.9. The van der Waals surface area contributed by atoms with Gasteiger partial charge in [0.1, 0.15) is 17.4 Å². The Hall–Kier alpha value is -3.25. The molecule has 0 aliphatic heterocycles. The second-order valence-corrected chi connectivity index (χ2v) is 6.02. The topological polar surface area (TPSA) is 61.7 Å². The summed E-state index contributed by atoms with van der Waals surface area (Å²) in [7, 11) is 0. The molecule has 3 aromatic carbocycles. The van der Waals surface area contributed by atoms with Gasteiger partial charge in [0.2, 0.25) is 0 Å². The van der Waals surface area contributed by atoms with Crippen molar-refractivity contribution in [3.8, 4) is 5.75 Å². The van der Waals surface area contributed by atoms with E-state index in [1.54, 1.807) is 0 Å². The van der Waals surface area contributed by atoms with Crippen molar-refractivity contribution in [3.05, 3.63) is 88.4 Å². The van der Waals surface area contributed by atoms with Gasteiger partial charge < -0.3 is 10.4 Å². The summed E-state index contributed by atoms with van der Waals surface area (Å²) in [6.07, 6.45) is 1.32. The van der Waals surface area contributed by atoms with Gasteiger partial charge in [0.05, 0.1) is 11.3 Å². The molecule has 0 fully saturated rings. The molecule has 0 aromatic heterocycles. The molecule has 0 saturated heterocycles. The molecule has 136 valence electrons. The lowest BCUT2D eigenvalue weighted by atomic mass is 10.1. The second-order valence-electron chi connectivity index (χ2n) is 5.59. The summed E-state index contributed by atoms with van der Waals surface area (Å²) in [6.45, 7) is 0. The molecule has 0 aliphatic rings. The van der Waals surface area contributed by atoms with Crippen LogP contribution < -0.4 is 5.32 Å². The van der Waals surface area contributed by atoms with Crippen molar-refractivity contribution in [2.24, 2.45) is 4.99 Å². The van der Waals surface area contributed by atoms with Crippen LogP contribution in [0.2, 0.25) is 5.02 Å². The number of hydrogen-bond acceptors (Lipinski definition) is 3. The van der Waals surface area contributed by atoms with Crippen molar-refractivity contribution in [2.75, 3.05) is 5.32 Å². The van der Waals surface area contributed by atoms with Gasteiger partial charge in [-0.15, -0.1) is 0 Å². The molecule has 0 bridgehead atoms. The van der Waals surface area contributed by atoms with Crippen LogP contribution in [0.3, 0.4) is 0 Å². The molecule has 0 unspecified atom stereocenters. The average Bonchev–Trinajstić information content (AvgIpc) is 2.65. The molecule has 27 heavy (non-hydrogen) atoms. The quantitative estimate of drug-likeness (QED) is 0.595. The first-order valence-corrected chi connectivity index (χ1v) is 8.19. The van der Waals surface area contributed by atoms with Crippen LogP contribution in [0, 0.1) is 11.6 Å². The second kappa shape index (κ2) is 7.97. The third kappa shape index (κ3) is 4.68. The number of aromatic hydroxyl groups is 1. The van der Waals surface area contributed by atoms with Gasteiger partial charge in [-0.3, -0.25) is 9.79 Å². The Morgan fingerprint density at radius 2 is 1.59 bits per heavy atom. The van der Waals surface area contributed by atoms with Crippen LogP contribution in [0.1, 0.15) is 15.9 Å². The zero-order chi connectivity index (χ0) is 19.4. The molecule has 0 radical (unpaired) electrons. The zero-order valence-corrected chi connectivity index (χ0v) is 14.5. The smallest absolute Gasteiger partial charge is 0.259 e. The predicted molar refractivity (Wildman–Crippen MR) is 101 cm³/mol. The Bertz CT molecular complexity index is 1000. The molecule has 3 rings (SSSR count). The standard InChI is InChI=1S/C20H13ClF2N2O2/c21-13-9-12(11-24-16-5-1-14(22)2-6-16)19(26)18(10-13)20(27)25-17-7-3-15(23)4-8-17/h1-11,26H,(H,25,27). The Labute approximate surface area is 158 Å². The number of phenolic OH excluding ortho intramolecular Hbond substituents is 1. The van der Waals surface area contributed by atoms with Crippen LogP contribution in [0.25, 0.3) is 0 Å². The van der Waals surface area contributed by atoms with Crippen molar-refractivity contribution in [1.82, 2.24) is 0 Å². The number of nitrogens with zero attached hydrogens (tertiary/aromatic N) is 1. The van der Waals surface area contributed by atoms with Crippen molar-refractivity contribution >= 4 is 35.1 Å². The molecule has 3 aromatic rings. The molecular formula is C20H13ClF2N2O2. The molecule has 0 atom stereocenters. The molecule has 2 N–H and O–H groups in total. The molecule has 0 spiro atoms. The number of rotatable bonds is 4. The van der Waals surface area contributed by atoms with Crippen LogP contribution >= 0.6 is 11.6 Å². The van der Waals surface area contributed by atoms with Crippen LogP contribution in [-0.4, -0.2) is 17.2 Å². The summed E-state index contributed by atoms with van der Waals surface area (Å²) in [5, 5.41) is 13.2. The number of anilines is 1. The molecule has 1 amide bonds. The predicted octanol–water partition coefficient (Wildman–Crippen LogP) is 5.33. The van der Waals surface area contributed by atoms with Crippen LogP contribution in [0.15, 0.2) is 65.7 Å². The van der Waals surface area contributed by atoms with E-state index in [1.807, 2.05) is 0 Å². The lowest BCUT2D eigenvalue weighted by Gasteiger charge is -2.09.